The summed E-state index contributed by atoms with van der Waals surface area (Å²) in [6.45, 7) is 2.49. The Bertz CT molecular complexity index is 675. The number of nitrogens with one attached hydrogen (secondary N) is 1. The number of carbonyl (C=O) groups excluding carboxylic acids is 1. The van der Waals surface area contributed by atoms with Crippen molar-refractivity contribution in [1.29, 1.82) is 0 Å². The van der Waals surface area contributed by atoms with Crippen molar-refractivity contribution in [3.05, 3.63) is 53.5 Å². The van der Waals surface area contributed by atoms with E-state index in [1.807, 2.05) is 31.2 Å². The van der Waals surface area contributed by atoms with Crippen molar-refractivity contribution in [2.45, 2.75) is 13.3 Å². The number of benzene rings is 1. The first-order valence-corrected chi connectivity index (χ1v) is 7.24. The van der Waals surface area contributed by atoms with Crippen LogP contribution in [0.1, 0.15) is 33.6 Å². The fraction of sp³-hybridized carbons (Fsp3) is 0.294. The Hall–Kier alpha value is -2.76. The molecule has 1 unspecified atom stereocenters. The van der Waals surface area contributed by atoms with Gasteiger partial charge in [-0.2, -0.15) is 0 Å². The fourth-order valence-corrected chi connectivity index (χ4v) is 2.17. The second kappa shape index (κ2) is 7.49. The van der Waals surface area contributed by atoms with Crippen molar-refractivity contribution in [2.24, 2.45) is 5.92 Å². The normalized spacial score (nSPS) is 11.7. The molecule has 122 valence electrons. The quantitative estimate of drug-likeness (QED) is 0.819. The average Bonchev–Trinajstić information content (AvgIpc) is 3.03. The van der Waals surface area contributed by atoms with Crippen molar-refractivity contribution in [3.8, 4) is 5.75 Å². The van der Waals surface area contributed by atoms with Crippen LogP contribution in [0.2, 0.25) is 0 Å². The van der Waals surface area contributed by atoms with Gasteiger partial charge < -0.3 is 19.6 Å². The largest absolute Gasteiger partial charge is 0.497 e. The number of furan rings is 1. The van der Waals surface area contributed by atoms with E-state index in [0.29, 0.717) is 6.54 Å². The van der Waals surface area contributed by atoms with E-state index < -0.39 is 11.9 Å². The molecule has 6 nitrogen and oxygen atoms in total. The number of ether oxygens (including phenoxy) is 1. The molecule has 0 spiro atoms. The van der Waals surface area contributed by atoms with E-state index in [4.69, 9.17) is 14.3 Å². The molecule has 1 heterocycles. The summed E-state index contributed by atoms with van der Waals surface area (Å²) in [6, 6.07) is 10.4. The second-order valence-corrected chi connectivity index (χ2v) is 5.34. The van der Waals surface area contributed by atoms with Gasteiger partial charge in [-0.25, -0.2) is 4.79 Å². The number of carbonyl (C=O) groups is 2. The fourth-order valence-electron chi connectivity index (χ4n) is 2.17. The monoisotopic (exact) mass is 317 g/mol. The number of methoxy groups -OCH3 is 1. The highest BCUT2D eigenvalue weighted by Crippen LogP contribution is 2.14. The molecule has 2 N–H and O–H groups in total. The Morgan fingerprint density at radius 1 is 1.17 bits per heavy atom. The summed E-state index contributed by atoms with van der Waals surface area (Å²) >= 11 is 0. The smallest absolute Gasteiger partial charge is 0.371 e. The van der Waals surface area contributed by atoms with Gasteiger partial charge in [-0.05, 0) is 42.2 Å². The van der Waals surface area contributed by atoms with E-state index >= 15 is 0 Å². The molecule has 0 fully saturated rings. The number of hydrogen-bond donors (Lipinski definition) is 2. The maximum atomic E-state index is 11.9. The maximum absolute atomic E-state index is 11.9. The number of carboxylic acid groups (broad SMARTS) is 1. The van der Waals surface area contributed by atoms with E-state index in [1.165, 1.54) is 12.1 Å². The second-order valence-electron chi connectivity index (χ2n) is 5.34. The Balaban J connectivity index is 1.83. The first kappa shape index (κ1) is 16.6. The van der Waals surface area contributed by atoms with Gasteiger partial charge in [0.05, 0.1) is 7.11 Å². The van der Waals surface area contributed by atoms with Crippen LogP contribution in [0.15, 0.2) is 40.8 Å². The zero-order valence-corrected chi connectivity index (χ0v) is 13.0. The molecule has 23 heavy (non-hydrogen) atoms. The molecular weight excluding hydrogens is 298 g/mol. The molecule has 1 aromatic heterocycles. The molecule has 0 saturated carbocycles. The summed E-state index contributed by atoms with van der Waals surface area (Å²) in [4.78, 5) is 22.6. The summed E-state index contributed by atoms with van der Waals surface area (Å²) in [6.07, 6.45) is 0.808. The highest BCUT2D eigenvalue weighted by atomic mass is 16.5. The summed E-state index contributed by atoms with van der Waals surface area (Å²) in [5, 5.41) is 11.5. The van der Waals surface area contributed by atoms with Crippen molar-refractivity contribution >= 4 is 11.9 Å². The van der Waals surface area contributed by atoms with Crippen LogP contribution in [0.5, 0.6) is 5.75 Å². The zero-order chi connectivity index (χ0) is 16.8. The van der Waals surface area contributed by atoms with Gasteiger partial charge in [0.1, 0.15) is 5.75 Å². The first-order valence-electron chi connectivity index (χ1n) is 7.24. The van der Waals surface area contributed by atoms with Crippen LogP contribution in [0.3, 0.4) is 0 Å². The van der Waals surface area contributed by atoms with Crippen LogP contribution in [0.4, 0.5) is 0 Å². The topological polar surface area (TPSA) is 88.8 Å². The first-order chi connectivity index (χ1) is 11.0. The van der Waals surface area contributed by atoms with Crippen LogP contribution in [-0.4, -0.2) is 30.6 Å². The van der Waals surface area contributed by atoms with Crippen LogP contribution in [0, 0.1) is 5.92 Å². The van der Waals surface area contributed by atoms with E-state index in [0.717, 1.165) is 17.7 Å². The van der Waals surface area contributed by atoms with Gasteiger partial charge in [-0.15, -0.1) is 0 Å². The lowest BCUT2D eigenvalue weighted by Gasteiger charge is -2.12. The third-order valence-corrected chi connectivity index (χ3v) is 3.39. The van der Waals surface area contributed by atoms with Gasteiger partial charge in [-0.1, -0.05) is 19.1 Å². The number of hydrogen-bond acceptors (Lipinski definition) is 4. The lowest BCUT2D eigenvalue weighted by Crippen LogP contribution is -2.28. The minimum absolute atomic E-state index is 0.000882. The minimum Gasteiger partial charge on any atom is -0.497 e. The van der Waals surface area contributed by atoms with E-state index in [2.05, 4.69) is 5.32 Å². The molecule has 0 saturated heterocycles. The number of rotatable bonds is 7. The Morgan fingerprint density at radius 2 is 1.83 bits per heavy atom. The molecule has 0 radical (unpaired) electrons. The third-order valence-electron chi connectivity index (χ3n) is 3.39. The van der Waals surface area contributed by atoms with E-state index in [1.54, 1.807) is 7.11 Å². The number of amides is 1. The lowest BCUT2D eigenvalue weighted by molar-refractivity contribution is 0.0659. The van der Waals surface area contributed by atoms with Crippen molar-refractivity contribution < 1.29 is 23.8 Å². The predicted molar refractivity (Wildman–Crippen MR) is 83.9 cm³/mol. The predicted octanol–water partition coefficient (Wildman–Crippen LogP) is 2.60. The number of aromatic carboxylic acids is 1. The SMILES string of the molecule is COc1ccc(CC(C)CNC(=O)c2ccc(C(=O)O)o2)cc1. The standard InChI is InChI=1S/C17H19NO5/c1-11(9-12-3-5-13(22-2)6-4-12)10-18-16(19)14-7-8-15(23-14)17(20)21/h3-8,11H,9-10H2,1-2H3,(H,18,19)(H,20,21). The Labute approximate surface area is 134 Å². The van der Waals surface area contributed by atoms with Crippen molar-refractivity contribution in [1.82, 2.24) is 5.32 Å². The average molecular weight is 317 g/mol. The van der Waals surface area contributed by atoms with Crippen LogP contribution in [-0.2, 0) is 6.42 Å². The molecule has 1 amide bonds. The van der Waals surface area contributed by atoms with Gasteiger partial charge >= 0.3 is 5.97 Å². The van der Waals surface area contributed by atoms with Crippen LogP contribution >= 0.6 is 0 Å². The molecule has 6 heteroatoms. The summed E-state index contributed by atoms with van der Waals surface area (Å²) in [5.74, 6) is -0.834. The summed E-state index contributed by atoms with van der Waals surface area (Å²) in [5.41, 5.74) is 1.15. The van der Waals surface area contributed by atoms with Gasteiger partial charge in [-0.3, -0.25) is 4.79 Å². The minimum atomic E-state index is -1.20. The molecule has 0 aliphatic rings. The third kappa shape index (κ3) is 4.60. The van der Waals surface area contributed by atoms with Gasteiger partial charge in [0.15, 0.2) is 5.76 Å². The molecule has 2 rings (SSSR count). The molecule has 0 aliphatic carbocycles. The summed E-state index contributed by atoms with van der Waals surface area (Å²) < 4.78 is 10.1. The molecule has 0 bridgehead atoms. The Morgan fingerprint density at radius 3 is 2.39 bits per heavy atom. The van der Waals surface area contributed by atoms with Gasteiger partial charge in [0, 0.05) is 6.54 Å². The lowest BCUT2D eigenvalue weighted by atomic mass is 10.0. The molecule has 1 aromatic carbocycles. The van der Waals surface area contributed by atoms with Crippen molar-refractivity contribution in [3.63, 3.8) is 0 Å². The summed E-state index contributed by atoms with van der Waals surface area (Å²) in [7, 11) is 1.62. The van der Waals surface area contributed by atoms with E-state index in [9.17, 15) is 9.59 Å². The van der Waals surface area contributed by atoms with Gasteiger partial charge in [0.25, 0.3) is 5.91 Å². The number of carboxylic acids is 1. The van der Waals surface area contributed by atoms with E-state index in [-0.39, 0.29) is 17.4 Å². The molecule has 0 aliphatic heterocycles. The Kier molecular flexibility index (Phi) is 5.41. The van der Waals surface area contributed by atoms with Gasteiger partial charge in [0.2, 0.25) is 5.76 Å². The highest BCUT2D eigenvalue weighted by molar-refractivity contribution is 5.93. The molecular formula is C17H19NO5. The zero-order valence-electron chi connectivity index (χ0n) is 13.0. The maximum Gasteiger partial charge on any atom is 0.371 e. The van der Waals surface area contributed by atoms with Crippen LogP contribution < -0.4 is 10.1 Å². The molecule has 2 aromatic rings. The van der Waals surface area contributed by atoms with Crippen LogP contribution in [0.25, 0.3) is 0 Å². The highest BCUT2D eigenvalue weighted by Gasteiger charge is 2.15. The van der Waals surface area contributed by atoms with Crippen molar-refractivity contribution in [2.75, 3.05) is 13.7 Å². The molecule has 1 atom stereocenters.